The summed E-state index contributed by atoms with van der Waals surface area (Å²) < 4.78 is 8.73. The average Bonchev–Trinajstić information content (AvgIpc) is 2.38. The normalized spacial score (nSPS) is 9.69. The van der Waals surface area contributed by atoms with E-state index in [1.807, 2.05) is 27.7 Å². The predicted molar refractivity (Wildman–Crippen MR) is 63.9 cm³/mol. The highest BCUT2D eigenvalue weighted by Gasteiger charge is 2.14. The second kappa shape index (κ2) is 16.3. The molecule has 0 heterocycles. The minimum Gasteiger partial charge on any atom is -0.469 e. The maximum Gasteiger partial charge on any atom is 0.322 e. The molecule has 0 aromatic rings. The van der Waals surface area contributed by atoms with Crippen LogP contribution in [0.1, 0.15) is 40.5 Å². The quantitative estimate of drug-likeness (QED) is 0.747. The molecule has 0 aliphatic rings. The van der Waals surface area contributed by atoms with Crippen LogP contribution in [0.15, 0.2) is 0 Å². The van der Waals surface area contributed by atoms with Crippen LogP contribution in [0.5, 0.6) is 0 Å². The zero-order chi connectivity index (χ0) is 13.6. The molecule has 98 valence electrons. The van der Waals surface area contributed by atoms with Gasteiger partial charge in [0.05, 0.1) is 14.2 Å². The Morgan fingerprint density at radius 2 is 1.50 bits per heavy atom. The minimum absolute atomic E-state index is 0.132. The molecule has 0 rings (SSSR count). The van der Waals surface area contributed by atoms with E-state index in [1.165, 1.54) is 14.2 Å². The minimum atomic E-state index is -0.742. The number of ether oxygens (including phenoxy) is 2. The summed E-state index contributed by atoms with van der Waals surface area (Å²) in [6, 6.07) is -0.742. The van der Waals surface area contributed by atoms with E-state index in [-0.39, 0.29) is 18.8 Å². The lowest BCUT2D eigenvalue weighted by Crippen LogP contribution is -2.32. The molecule has 0 bridgehead atoms. The van der Waals surface area contributed by atoms with E-state index in [2.05, 4.69) is 9.47 Å². The number of rotatable bonds is 4. The van der Waals surface area contributed by atoms with Crippen LogP contribution in [0.2, 0.25) is 0 Å². The van der Waals surface area contributed by atoms with Gasteiger partial charge in [0.2, 0.25) is 0 Å². The van der Waals surface area contributed by atoms with Gasteiger partial charge in [0, 0.05) is 6.42 Å². The summed E-state index contributed by atoms with van der Waals surface area (Å²) in [5.41, 5.74) is 5.35. The zero-order valence-corrected chi connectivity index (χ0v) is 11.2. The first-order valence-corrected chi connectivity index (χ1v) is 5.52. The maximum atomic E-state index is 10.7. The van der Waals surface area contributed by atoms with E-state index in [0.717, 1.165) is 0 Å². The lowest BCUT2D eigenvalue weighted by Gasteiger charge is -2.07. The van der Waals surface area contributed by atoms with Crippen LogP contribution in [0, 0.1) is 0 Å². The van der Waals surface area contributed by atoms with Gasteiger partial charge in [0.1, 0.15) is 6.04 Å². The molecule has 0 fully saturated rings. The summed E-state index contributed by atoms with van der Waals surface area (Å²) in [5, 5.41) is 0. The molecule has 0 amide bonds. The number of hydrogen-bond donors (Lipinski definition) is 1. The standard InChI is InChI=1S/C7H13NO4.2C2H6/c1-11-6(9)4-3-5(8)7(10)12-2;2*1-2/h5H,3-4,8H2,1-2H3;2*1-2H3. The van der Waals surface area contributed by atoms with Gasteiger partial charge in [-0.1, -0.05) is 27.7 Å². The van der Waals surface area contributed by atoms with Crippen molar-refractivity contribution in [3.8, 4) is 0 Å². The molecule has 1 atom stereocenters. The Morgan fingerprint density at radius 3 is 1.81 bits per heavy atom. The fourth-order valence-electron chi connectivity index (χ4n) is 0.645. The van der Waals surface area contributed by atoms with Gasteiger partial charge in [0.15, 0.2) is 0 Å². The van der Waals surface area contributed by atoms with Crippen LogP contribution in [0.4, 0.5) is 0 Å². The average molecular weight is 235 g/mol. The Balaban J connectivity index is -0.000000376. The van der Waals surface area contributed by atoms with Crippen molar-refractivity contribution in [1.82, 2.24) is 0 Å². The van der Waals surface area contributed by atoms with E-state index in [0.29, 0.717) is 0 Å². The Bertz CT molecular complexity index is 171. The van der Waals surface area contributed by atoms with Crippen molar-refractivity contribution in [3.05, 3.63) is 0 Å². The first kappa shape index (κ1) is 20.3. The van der Waals surface area contributed by atoms with Gasteiger partial charge in [-0.2, -0.15) is 0 Å². The van der Waals surface area contributed by atoms with Crippen LogP contribution in [0.25, 0.3) is 0 Å². The zero-order valence-electron chi connectivity index (χ0n) is 11.2. The lowest BCUT2D eigenvalue weighted by atomic mass is 10.2. The second-order valence-corrected chi connectivity index (χ2v) is 2.24. The summed E-state index contributed by atoms with van der Waals surface area (Å²) in [7, 11) is 2.53. The summed E-state index contributed by atoms with van der Waals surface area (Å²) in [6.45, 7) is 8.00. The van der Waals surface area contributed by atoms with Gasteiger partial charge in [-0.25, -0.2) is 0 Å². The van der Waals surface area contributed by atoms with Gasteiger partial charge < -0.3 is 15.2 Å². The van der Waals surface area contributed by atoms with E-state index in [1.54, 1.807) is 0 Å². The van der Waals surface area contributed by atoms with Gasteiger partial charge in [-0.3, -0.25) is 9.59 Å². The molecule has 0 saturated heterocycles. The number of carbonyl (C=O) groups is 2. The van der Waals surface area contributed by atoms with Crippen molar-refractivity contribution in [2.24, 2.45) is 5.73 Å². The molecule has 0 aromatic heterocycles. The second-order valence-electron chi connectivity index (χ2n) is 2.24. The van der Waals surface area contributed by atoms with E-state index >= 15 is 0 Å². The van der Waals surface area contributed by atoms with Crippen molar-refractivity contribution in [1.29, 1.82) is 0 Å². The van der Waals surface area contributed by atoms with Crippen molar-refractivity contribution in [3.63, 3.8) is 0 Å². The molecule has 0 aliphatic heterocycles. The number of carbonyl (C=O) groups excluding carboxylic acids is 2. The number of esters is 2. The third-order valence-electron chi connectivity index (χ3n) is 1.39. The molecule has 0 spiro atoms. The molecular weight excluding hydrogens is 210 g/mol. The highest BCUT2D eigenvalue weighted by molar-refractivity contribution is 5.76. The molecule has 0 radical (unpaired) electrons. The highest BCUT2D eigenvalue weighted by Crippen LogP contribution is 1.97. The Kier molecular flexibility index (Phi) is 20.8. The fourth-order valence-corrected chi connectivity index (χ4v) is 0.645. The number of methoxy groups -OCH3 is 2. The molecule has 5 nitrogen and oxygen atoms in total. The van der Waals surface area contributed by atoms with Gasteiger partial charge in [0.25, 0.3) is 0 Å². The number of nitrogens with two attached hydrogens (primary N) is 1. The number of hydrogen-bond acceptors (Lipinski definition) is 5. The first-order chi connectivity index (χ1) is 7.61. The van der Waals surface area contributed by atoms with Crippen LogP contribution < -0.4 is 5.73 Å². The monoisotopic (exact) mass is 235 g/mol. The lowest BCUT2D eigenvalue weighted by molar-refractivity contribution is -0.143. The highest BCUT2D eigenvalue weighted by atomic mass is 16.5. The molecule has 1 unspecified atom stereocenters. The topological polar surface area (TPSA) is 78.6 Å². The predicted octanol–water partition coefficient (Wildman–Crippen LogP) is 1.49. The molecule has 0 aromatic carbocycles. The summed E-state index contributed by atoms with van der Waals surface area (Å²) in [6.07, 6.45) is 0.381. The SMILES string of the molecule is CC.CC.COC(=O)CCC(N)C(=O)OC. The van der Waals surface area contributed by atoms with Crippen molar-refractivity contribution >= 4 is 11.9 Å². The molecule has 2 N–H and O–H groups in total. The molecule has 0 aliphatic carbocycles. The third-order valence-corrected chi connectivity index (χ3v) is 1.39. The largest absolute Gasteiger partial charge is 0.469 e. The van der Waals surface area contributed by atoms with Gasteiger partial charge in [-0.15, -0.1) is 0 Å². The Labute approximate surface area is 98.3 Å². The molecule has 0 saturated carbocycles. The molecular formula is C11H25NO4. The molecule has 16 heavy (non-hydrogen) atoms. The smallest absolute Gasteiger partial charge is 0.322 e. The van der Waals surface area contributed by atoms with Crippen LogP contribution in [-0.2, 0) is 19.1 Å². The summed E-state index contributed by atoms with van der Waals surface area (Å²) in [5.74, 6) is -0.895. The molecule has 5 heteroatoms. The van der Waals surface area contributed by atoms with Crippen molar-refractivity contribution in [2.75, 3.05) is 14.2 Å². The van der Waals surface area contributed by atoms with Crippen LogP contribution >= 0.6 is 0 Å². The van der Waals surface area contributed by atoms with Crippen molar-refractivity contribution in [2.45, 2.75) is 46.6 Å². The Morgan fingerprint density at radius 1 is 1.06 bits per heavy atom. The third kappa shape index (κ3) is 12.9. The van der Waals surface area contributed by atoms with Gasteiger partial charge >= 0.3 is 11.9 Å². The van der Waals surface area contributed by atoms with Crippen LogP contribution in [0.3, 0.4) is 0 Å². The first-order valence-electron chi connectivity index (χ1n) is 5.52. The maximum absolute atomic E-state index is 10.7. The Hall–Kier alpha value is -1.10. The van der Waals surface area contributed by atoms with Crippen LogP contribution in [-0.4, -0.2) is 32.2 Å². The van der Waals surface area contributed by atoms with Crippen molar-refractivity contribution < 1.29 is 19.1 Å². The summed E-state index contributed by atoms with van der Waals surface area (Å²) >= 11 is 0. The van der Waals surface area contributed by atoms with E-state index in [9.17, 15) is 9.59 Å². The van der Waals surface area contributed by atoms with Gasteiger partial charge in [-0.05, 0) is 6.42 Å². The summed E-state index contributed by atoms with van der Waals surface area (Å²) in [4.78, 5) is 21.3. The fraction of sp³-hybridized carbons (Fsp3) is 0.818. The van der Waals surface area contributed by atoms with E-state index < -0.39 is 12.0 Å². The van der Waals surface area contributed by atoms with E-state index in [4.69, 9.17) is 5.73 Å².